The Bertz CT molecular complexity index is 786. The molecule has 29 heavy (non-hydrogen) atoms. The molecule has 1 atom stereocenters. The van der Waals surface area contributed by atoms with Crippen molar-refractivity contribution in [2.45, 2.75) is 19.4 Å². The molecule has 0 aliphatic carbocycles. The first-order valence-corrected chi connectivity index (χ1v) is 10.0. The maximum absolute atomic E-state index is 12.6. The summed E-state index contributed by atoms with van der Waals surface area (Å²) >= 11 is 0. The molecule has 1 amide bonds. The average molecular weight is 399 g/mol. The third kappa shape index (κ3) is 6.48. The first-order chi connectivity index (χ1) is 14.0. The molecule has 0 saturated carbocycles. The fourth-order valence-corrected chi connectivity index (χ4v) is 3.43. The summed E-state index contributed by atoms with van der Waals surface area (Å²) in [5, 5.41) is 10.3. The minimum Gasteiger partial charge on any atom is -0.497 e. The molecule has 6 nitrogen and oxygen atoms in total. The van der Waals surface area contributed by atoms with E-state index < -0.39 is 6.10 Å². The van der Waals surface area contributed by atoms with Crippen LogP contribution < -0.4 is 9.47 Å². The smallest absolute Gasteiger partial charge is 0.227 e. The number of piperazine rings is 1. The molecule has 0 aromatic heterocycles. The van der Waals surface area contributed by atoms with Gasteiger partial charge in [-0.2, -0.15) is 0 Å². The highest BCUT2D eigenvalue weighted by atomic mass is 16.5. The number of ether oxygens (including phenoxy) is 2. The van der Waals surface area contributed by atoms with Gasteiger partial charge in [0.05, 0.1) is 13.5 Å². The molecule has 1 N–H and O–H groups in total. The second-order valence-corrected chi connectivity index (χ2v) is 7.49. The Hall–Kier alpha value is -2.57. The summed E-state index contributed by atoms with van der Waals surface area (Å²) in [6.45, 7) is 5.70. The predicted molar refractivity (Wildman–Crippen MR) is 112 cm³/mol. The number of rotatable bonds is 8. The molecule has 2 aromatic rings. The van der Waals surface area contributed by atoms with Crippen LogP contribution in [0.5, 0.6) is 11.5 Å². The summed E-state index contributed by atoms with van der Waals surface area (Å²) in [5.74, 6) is 1.66. The fraction of sp³-hybridized carbons (Fsp3) is 0.435. The Morgan fingerprint density at radius 3 is 2.48 bits per heavy atom. The Kier molecular flexibility index (Phi) is 7.49. The van der Waals surface area contributed by atoms with Gasteiger partial charge in [-0.1, -0.05) is 29.8 Å². The van der Waals surface area contributed by atoms with Crippen LogP contribution in [0, 0.1) is 6.92 Å². The van der Waals surface area contributed by atoms with E-state index in [9.17, 15) is 9.90 Å². The van der Waals surface area contributed by atoms with Gasteiger partial charge in [-0.3, -0.25) is 9.69 Å². The Balaban J connectivity index is 1.39. The van der Waals surface area contributed by atoms with Crippen molar-refractivity contribution in [1.82, 2.24) is 9.80 Å². The van der Waals surface area contributed by atoms with Crippen LogP contribution in [0.2, 0.25) is 0 Å². The van der Waals surface area contributed by atoms with Crippen LogP contribution >= 0.6 is 0 Å². The van der Waals surface area contributed by atoms with Gasteiger partial charge in [0.1, 0.15) is 24.2 Å². The van der Waals surface area contributed by atoms with Gasteiger partial charge in [0.25, 0.3) is 0 Å². The number of carbonyl (C=O) groups excluding carboxylic acids is 1. The number of aliphatic hydroxyl groups is 1. The van der Waals surface area contributed by atoms with E-state index in [0.717, 1.165) is 30.2 Å². The number of hydrogen-bond acceptors (Lipinski definition) is 5. The molecule has 1 heterocycles. The molecule has 0 spiro atoms. The molecular formula is C23H30N2O4. The molecule has 0 radical (unpaired) electrons. The summed E-state index contributed by atoms with van der Waals surface area (Å²) in [5.41, 5.74) is 2.14. The van der Waals surface area contributed by atoms with Crippen LogP contribution in [0.1, 0.15) is 11.1 Å². The number of β-amino-alcohol motifs (C(OH)–C–C–N with tert-alkyl or cyclic N) is 1. The van der Waals surface area contributed by atoms with Crippen LogP contribution in [-0.4, -0.2) is 73.4 Å². The maximum Gasteiger partial charge on any atom is 0.227 e. The highest BCUT2D eigenvalue weighted by molar-refractivity contribution is 5.79. The van der Waals surface area contributed by atoms with Crippen LogP contribution in [0.15, 0.2) is 48.5 Å². The van der Waals surface area contributed by atoms with Crippen molar-refractivity contribution < 1.29 is 19.4 Å². The highest BCUT2D eigenvalue weighted by Gasteiger charge is 2.23. The normalized spacial score (nSPS) is 15.8. The third-order valence-corrected chi connectivity index (χ3v) is 5.15. The number of hydrogen-bond donors (Lipinski definition) is 1. The van der Waals surface area contributed by atoms with Crippen molar-refractivity contribution in [2.75, 3.05) is 46.4 Å². The third-order valence-electron chi connectivity index (χ3n) is 5.15. The SMILES string of the molecule is COc1cccc(CC(=O)N2CCN(CC(O)COc3ccc(C)cc3)CC2)c1. The van der Waals surface area contributed by atoms with E-state index in [1.54, 1.807) is 7.11 Å². The summed E-state index contributed by atoms with van der Waals surface area (Å²) in [6, 6.07) is 15.4. The number of amides is 1. The quantitative estimate of drug-likeness (QED) is 0.738. The largest absolute Gasteiger partial charge is 0.497 e. The number of aryl methyl sites for hydroxylation is 1. The molecule has 0 bridgehead atoms. The van der Waals surface area contributed by atoms with E-state index >= 15 is 0 Å². The minimum absolute atomic E-state index is 0.126. The van der Waals surface area contributed by atoms with Crippen molar-refractivity contribution in [1.29, 1.82) is 0 Å². The number of methoxy groups -OCH3 is 1. The number of nitrogens with zero attached hydrogens (tertiary/aromatic N) is 2. The van der Waals surface area contributed by atoms with E-state index in [4.69, 9.17) is 9.47 Å². The molecule has 1 saturated heterocycles. The van der Waals surface area contributed by atoms with E-state index in [2.05, 4.69) is 4.90 Å². The summed E-state index contributed by atoms with van der Waals surface area (Å²) in [4.78, 5) is 16.6. The second-order valence-electron chi connectivity index (χ2n) is 7.49. The zero-order chi connectivity index (χ0) is 20.6. The molecule has 1 fully saturated rings. The molecule has 1 aliphatic heterocycles. The molecule has 1 aliphatic rings. The number of carbonyl (C=O) groups is 1. The summed E-state index contributed by atoms with van der Waals surface area (Å²) in [6.07, 6.45) is -0.181. The molecular weight excluding hydrogens is 368 g/mol. The van der Waals surface area contributed by atoms with Gasteiger partial charge in [-0.05, 0) is 36.8 Å². The molecule has 156 valence electrons. The van der Waals surface area contributed by atoms with Crippen LogP contribution in [0.25, 0.3) is 0 Å². The van der Waals surface area contributed by atoms with Crippen molar-refractivity contribution in [3.63, 3.8) is 0 Å². The molecule has 3 rings (SSSR count). The second kappa shape index (κ2) is 10.3. The van der Waals surface area contributed by atoms with Crippen molar-refractivity contribution in [3.05, 3.63) is 59.7 Å². The molecule has 6 heteroatoms. The zero-order valence-corrected chi connectivity index (χ0v) is 17.2. The number of benzene rings is 2. The van der Waals surface area contributed by atoms with Crippen molar-refractivity contribution in [3.8, 4) is 11.5 Å². The van der Waals surface area contributed by atoms with E-state index in [-0.39, 0.29) is 12.5 Å². The Labute approximate surface area is 172 Å². The van der Waals surface area contributed by atoms with Gasteiger partial charge < -0.3 is 19.5 Å². The maximum atomic E-state index is 12.6. The molecule has 2 aromatic carbocycles. The highest BCUT2D eigenvalue weighted by Crippen LogP contribution is 2.15. The zero-order valence-electron chi connectivity index (χ0n) is 17.2. The lowest BCUT2D eigenvalue weighted by Gasteiger charge is -2.35. The first-order valence-electron chi connectivity index (χ1n) is 10.0. The standard InChI is InChI=1S/C23H30N2O4/c1-18-6-8-21(9-7-18)29-17-20(26)16-24-10-12-25(13-11-24)23(27)15-19-4-3-5-22(14-19)28-2/h3-9,14,20,26H,10-13,15-17H2,1-2H3. The first kappa shape index (κ1) is 21.1. The minimum atomic E-state index is -0.560. The summed E-state index contributed by atoms with van der Waals surface area (Å²) in [7, 11) is 1.63. The van der Waals surface area contributed by atoms with E-state index in [0.29, 0.717) is 26.1 Å². The lowest BCUT2D eigenvalue weighted by molar-refractivity contribution is -0.132. The lowest BCUT2D eigenvalue weighted by atomic mass is 10.1. The van der Waals surface area contributed by atoms with Crippen molar-refractivity contribution >= 4 is 5.91 Å². The van der Waals surface area contributed by atoms with Gasteiger partial charge in [0.2, 0.25) is 5.91 Å². The van der Waals surface area contributed by atoms with Gasteiger partial charge in [0, 0.05) is 32.7 Å². The van der Waals surface area contributed by atoms with Crippen LogP contribution in [0.3, 0.4) is 0 Å². The molecule has 1 unspecified atom stereocenters. The van der Waals surface area contributed by atoms with E-state index in [1.165, 1.54) is 5.56 Å². The Morgan fingerprint density at radius 2 is 1.79 bits per heavy atom. The van der Waals surface area contributed by atoms with Crippen molar-refractivity contribution in [2.24, 2.45) is 0 Å². The fourth-order valence-electron chi connectivity index (χ4n) is 3.43. The van der Waals surface area contributed by atoms with Crippen LogP contribution in [0.4, 0.5) is 0 Å². The van der Waals surface area contributed by atoms with Gasteiger partial charge in [0.15, 0.2) is 0 Å². The lowest BCUT2D eigenvalue weighted by Crippen LogP contribution is -2.51. The number of aliphatic hydroxyl groups excluding tert-OH is 1. The predicted octanol–water partition coefficient (Wildman–Crippen LogP) is 2.13. The monoisotopic (exact) mass is 398 g/mol. The average Bonchev–Trinajstić information content (AvgIpc) is 2.74. The van der Waals surface area contributed by atoms with E-state index in [1.807, 2.05) is 60.4 Å². The van der Waals surface area contributed by atoms with Gasteiger partial charge >= 0.3 is 0 Å². The Morgan fingerprint density at radius 1 is 1.07 bits per heavy atom. The summed E-state index contributed by atoms with van der Waals surface area (Å²) < 4.78 is 10.9. The van der Waals surface area contributed by atoms with Gasteiger partial charge in [-0.15, -0.1) is 0 Å². The van der Waals surface area contributed by atoms with Crippen LogP contribution in [-0.2, 0) is 11.2 Å². The topological polar surface area (TPSA) is 62.2 Å². The van der Waals surface area contributed by atoms with Gasteiger partial charge in [-0.25, -0.2) is 0 Å².